The van der Waals surface area contributed by atoms with E-state index < -0.39 is 0 Å². The zero-order valence-electron chi connectivity index (χ0n) is 16.5. The number of fused-ring (bicyclic) bond motifs is 1. The third kappa shape index (κ3) is 4.83. The topological polar surface area (TPSA) is 96.7 Å². The van der Waals surface area contributed by atoms with Gasteiger partial charge in [-0.3, -0.25) is 4.79 Å². The van der Waals surface area contributed by atoms with Gasteiger partial charge in [-0.25, -0.2) is 4.98 Å². The monoisotopic (exact) mass is 441 g/mol. The first-order valence-corrected chi connectivity index (χ1v) is 10.8. The highest BCUT2D eigenvalue weighted by Gasteiger charge is 2.12. The second-order valence-electron chi connectivity index (χ2n) is 6.92. The van der Waals surface area contributed by atoms with Crippen LogP contribution in [-0.2, 0) is 17.0 Å². The fourth-order valence-electron chi connectivity index (χ4n) is 2.89. The Morgan fingerprint density at radius 2 is 2.00 bits per heavy atom. The Morgan fingerprint density at radius 3 is 2.83 bits per heavy atom. The number of carbonyl (C=O) groups is 1. The van der Waals surface area contributed by atoms with Gasteiger partial charge in [0, 0.05) is 12.8 Å². The fraction of sp³-hybridized carbons (Fsp3) is 0.238. The lowest BCUT2D eigenvalue weighted by atomic mass is 10.1. The molecule has 4 rings (SSSR count). The Morgan fingerprint density at radius 1 is 1.20 bits per heavy atom. The Labute approximate surface area is 182 Å². The highest BCUT2D eigenvalue weighted by Crippen LogP contribution is 2.24. The highest BCUT2D eigenvalue weighted by atomic mass is 35.5. The third-order valence-corrected chi connectivity index (χ3v) is 5.84. The molecule has 154 valence electrons. The summed E-state index contributed by atoms with van der Waals surface area (Å²) in [7, 11) is 0. The second kappa shape index (κ2) is 8.89. The molecule has 0 radical (unpaired) electrons. The summed E-state index contributed by atoms with van der Waals surface area (Å²) in [5.41, 5.74) is 4.98. The number of halogens is 1. The van der Waals surface area contributed by atoms with Gasteiger partial charge in [0.2, 0.25) is 11.8 Å². The van der Waals surface area contributed by atoms with Gasteiger partial charge in [-0.2, -0.15) is 4.98 Å². The number of para-hydroxylation sites is 1. The number of hydrogen-bond acceptors (Lipinski definition) is 6. The van der Waals surface area contributed by atoms with Crippen molar-refractivity contribution < 1.29 is 9.32 Å². The van der Waals surface area contributed by atoms with Crippen LogP contribution < -0.4 is 5.32 Å². The van der Waals surface area contributed by atoms with Crippen LogP contribution in [-0.4, -0.2) is 26.0 Å². The van der Waals surface area contributed by atoms with E-state index >= 15 is 0 Å². The molecule has 2 heterocycles. The smallest absolute Gasteiger partial charge is 0.227 e. The summed E-state index contributed by atoms with van der Waals surface area (Å²) in [6.45, 7) is 4.16. The minimum absolute atomic E-state index is 0.162. The lowest BCUT2D eigenvalue weighted by Gasteiger charge is -2.05. The van der Waals surface area contributed by atoms with Gasteiger partial charge in [-0.1, -0.05) is 40.7 Å². The maximum absolute atomic E-state index is 12.1. The van der Waals surface area contributed by atoms with E-state index in [9.17, 15) is 4.79 Å². The predicted octanol–water partition coefficient (Wildman–Crippen LogP) is 5.08. The molecular formula is C21H20ClN5O2S. The number of aromatic amines is 1. The fourth-order valence-corrected chi connectivity index (χ4v) is 3.80. The molecule has 2 aromatic carbocycles. The van der Waals surface area contributed by atoms with E-state index in [1.165, 1.54) is 22.9 Å². The lowest BCUT2D eigenvalue weighted by Crippen LogP contribution is -2.12. The van der Waals surface area contributed by atoms with Crippen LogP contribution in [0.1, 0.15) is 29.3 Å². The van der Waals surface area contributed by atoms with Crippen molar-refractivity contribution in [3.8, 4) is 0 Å². The average molecular weight is 442 g/mol. The number of aryl methyl sites for hydroxylation is 3. The van der Waals surface area contributed by atoms with Gasteiger partial charge < -0.3 is 14.8 Å². The van der Waals surface area contributed by atoms with Gasteiger partial charge in [-0.05, 0) is 49.2 Å². The summed E-state index contributed by atoms with van der Waals surface area (Å²) < 4.78 is 5.26. The standard InChI is InChI=1S/C21H20ClN5O2S/c1-12-9-16-17(10-13(12)2)25-21(24-16)30-11-18-26-20(29-27-18)8-7-19(28)23-15-6-4-3-5-14(15)22/h3-6,9-10H,7-8,11H2,1-2H3,(H,23,28)(H,24,25). The van der Waals surface area contributed by atoms with Crippen LogP contribution >= 0.6 is 23.4 Å². The number of benzene rings is 2. The van der Waals surface area contributed by atoms with E-state index in [4.69, 9.17) is 16.1 Å². The molecule has 2 aromatic heterocycles. The summed E-state index contributed by atoms with van der Waals surface area (Å²) in [6, 6.07) is 11.3. The van der Waals surface area contributed by atoms with Crippen molar-refractivity contribution in [2.45, 2.75) is 37.6 Å². The number of nitrogens with one attached hydrogen (secondary N) is 2. The number of hydrogen-bond donors (Lipinski definition) is 2. The lowest BCUT2D eigenvalue weighted by molar-refractivity contribution is -0.116. The summed E-state index contributed by atoms with van der Waals surface area (Å²) >= 11 is 7.56. The van der Waals surface area contributed by atoms with Crippen molar-refractivity contribution in [3.63, 3.8) is 0 Å². The first-order valence-electron chi connectivity index (χ1n) is 9.43. The van der Waals surface area contributed by atoms with Gasteiger partial charge in [0.15, 0.2) is 11.0 Å². The van der Waals surface area contributed by atoms with Crippen molar-refractivity contribution in [1.82, 2.24) is 20.1 Å². The summed E-state index contributed by atoms with van der Waals surface area (Å²) in [5.74, 6) is 1.35. The van der Waals surface area contributed by atoms with Crippen LogP contribution in [0.5, 0.6) is 0 Å². The number of H-pyrrole nitrogens is 1. The van der Waals surface area contributed by atoms with Gasteiger partial charge in [0.25, 0.3) is 0 Å². The van der Waals surface area contributed by atoms with Gasteiger partial charge >= 0.3 is 0 Å². The van der Waals surface area contributed by atoms with E-state index in [-0.39, 0.29) is 12.3 Å². The SMILES string of the molecule is Cc1cc2nc(SCc3noc(CCC(=O)Nc4ccccc4Cl)n3)[nH]c2cc1C. The number of anilines is 1. The van der Waals surface area contributed by atoms with Crippen LogP contribution in [0.25, 0.3) is 11.0 Å². The minimum atomic E-state index is -0.162. The molecule has 0 unspecified atom stereocenters. The van der Waals surface area contributed by atoms with Crippen molar-refractivity contribution in [2.24, 2.45) is 0 Å². The molecule has 1 amide bonds. The normalized spacial score (nSPS) is 11.2. The molecule has 0 aliphatic heterocycles. The van der Waals surface area contributed by atoms with Gasteiger partial charge in [-0.15, -0.1) is 0 Å². The first-order chi connectivity index (χ1) is 14.5. The van der Waals surface area contributed by atoms with Crippen LogP contribution in [0.4, 0.5) is 5.69 Å². The van der Waals surface area contributed by atoms with Gasteiger partial charge in [0.1, 0.15) is 0 Å². The molecule has 0 saturated carbocycles. The number of rotatable bonds is 7. The number of carbonyl (C=O) groups excluding carboxylic acids is 1. The number of thioether (sulfide) groups is 1. The summed E-state index contributed by atoms with van der Waals surface area (Å²) in [6.07, 6.45) is 0.583. The molecule has 0 aliphatic carbocycles. The van der Waals surface area contributed by atoms with Crippen LogP contribution in [0.15, 0.2) is 46.1 Å². The van der Waals surface area contributed by atoms with Crippen molar-refractivity contribution in [2.75, 3.05) is 5.32 Å². The molecule has 30 heavy (non-hydrogen) atoms. The van der Waals surface area contributed by atoms with Crippen molar-refractivity contribution in [3.05, 3.63) is 64.3 Å². The predicted molar refractivity (Wildman–Crippen MR) is 118 cm³/mol. The Balaban J connectivity index is 1.30. The van der Waals surface area contributed by atoms with E-state index in [1.54, 1.807) is 12.1 Å². The van der Waals surface area contributed by atoms with E-state index in [1.807, 2.05) is 12.1 Å². The van der Waals surface area contributed by atoms with Gasteiger partial charge in [0.05, 0.1) is 27.5 Å². The zero-order chi connectivity index (χ0) is 21.1. The van der Waals surface area contributed by atoms with E-state index in [0.29, 0.717) is 34.6 Å². The minimum Gasteiger partial charge on any atom is -0.339 e. The van der Waals surface area contributed by atoms with Crippen LogP contribution in [0, 0.1) is 13.8 Å². The molecular weight excluding hydrogens is 422 g/mol. The molecule has 7 nitrogen and oxygen atoms in total. The quantitative estimate of drug-likeness (QED) is 0.388. The zero-order valence-corrected chi connectivity index (χ0v) is 18.1. The first kappa shape index (κ1) is 20.4. The molecule has 0 saturated heterocycles. The summed E-state index contributed by atoms with van der Waals surface area (Å²) in [4.78, 5) is 24.4. The number of nitrogens with zero attached hydrogens (tertiary/aromatic N) is 3. The Kier molecular flexibility index (Phi) is 6.06. The number of imidazole rings is 1. The maximum Gasteiger partial charge on any atom is 0.227 e. The highest BCUT2D eigenvalue weighted by molar-refractivity contribution is 7.98. The van der Waals surface area contributed by atoms with Crippen molar-refractivity contribution in [1.29, 1.82) is 0 Å². The summed E-state index contributed by atoms with van der Waals surface area (Å²) in [5, 5.41) is 8.07. The van der Waals surface area contributed by atoms with Crippen LogP contribution in [0.2, 0.25) is 5.02 Å². The van der Waals surface area contributed by atoms with E-state index in [2.05, 4.69) is 51.4 Å². The molecule has 0 atom stereocenters. The molecule has 0 aliphatic rings. The third-order valence-electron chi connectivity index (χ3n) is 4.64. The molecule has 0 fully saturated rings. The number of amides is 1. The number of aromatic nitrogens is 4. The molecule has 0 bridgehead atoms. The van der Waals surface area contributed by atoms with E-state index in [0.717, 1.165) is 16.2 Å². The Hall–Kier alpha value is -2.84. The molecule has 9 heteroatoms. The average Bonchev–Trinajstić information content (AvgIpc) is 3.33. The largest absolute Gasteiger partial charge is 0.339 e. The van der Waals surface area contributed by atoms with Crippen LogP contribution in [0.3, 0.4) is 0 Å². The molecule has 2 N–H and O–H groups in total. The maximum atomic E-state index is 12.1. The second-order valence-corrected chi connectivity index (χ2v) is 8.29. The Bertz CT molecular complexity index is 1160. The van der Waals surface area contributed by atoms with Crippen molar-refractivity contribution >= 4 is 46.0 Å². The molecule has 4 aromatic rings. The molecule has 0 spiro atoms.